The van der Waals surface area contributed by atoms with Gasteiger partial charge in [-0.3, -0.25) is 0 Å². The lowest BCUT2D eigenvalue weighted by molar-refractivity contribution is 0.668. The van der Waals surface area contributed by atoms with Gasteiger partial charge in [0.1, 0.15) is 0 Å². The third kappa shape index (κ3) is 3.06. The number of rotatable bonds is 2. The van der Waals surface area contributed by atoms with Crippen LogP contribution in [0.1, 0.15) is 25.0 Å². The first-order valence-corrected chi connectivity index (χ1v) is 13.8. The molecule has 0 heteroatoms. The standard InChI is InChI=1S/C39H28/c1-39(2)37-27-16-7-6-13-25(27)23-24-33(37)32-21-12-22-34(38(32)39)36-30-19-10-8-17-28(30)35(26-14-4-3-5-15-26)29-18-9-11-20-31(29)36/h3-24H,1-2H3. The van der Waals surface area contributed by atoms with Gasteiger partial charge in [-0.2, -0.15) is 0 Å². The molecule has 184 valence electrons. The Morgan fingerprint density at radius 2 is 0.872 bits per heavy atom. The van der Waals surface area contributed by atoms with Crippen molar-refractivity contribution in [2.24, 2.45) is 0 Å². The van der Waals surface area contributed by atoms with Gasteiger partial charge in [-0.1, -0.05) is 147 Å². The summed E-state index contributed by atoms with van der Waals surface area (Å²) in [6.07, 6.45) is 0. The van der Waals surface area contributed by atoms with Crippen LogP contribution >= 0.6 is 0 Å². The number of hydrogen-bond acceptors (Lipinski definition) is 0. The van der Waals surface area contributed by atoms with Crippen molar-refractivity contribution in [3.63, 3.8) is 0 Å². The van der Waals surface area contributed by atoms with Crippen molar-refractivity contribution in [2.75, 3.05) is 0 Å². The van der Waals surface area contributed by atoms with Crippen molar-refractivity contribution >= 4 is 32.3 Å². The molecule has 0 unspecified atom stereocenters. The van der Waals surface area contributed by atoms with Crippen molar-refractivity contribution < 1.29 is 0 Å². The molecule has 8 rings (SSSR count). The molecule has 0 spiro atoms. The van der Waals surface area contributed by atoms with Crippen LogP contribution in [0, 0.1) is 0 Å². The van der Waals surface area contributed by atoms with E-state index in [1.807, 2.05) is 0 Å². The van der Waals surface area contributed by atoms with E-state index in [0.29, 0.717) is 0 Å². The lowest BCUT2D eigenvalue weighted by Crippen LogP contribution is -2.17. The monoisotopic (exact) mass is 496 g/mol. The van der Waals surface area contributed by atoms with Gasteiger partial charge in [0.05, 0.1) is 0 Å². The topological polar surface area (TPSA) is 0 Å². The minimum Gasteiger partial charge on any atom is -0.0622 e. The van der Waals surface area contributed by atoms with E-state index in [1.54, 1.807) is 0 Å². The molecule has 0 heterocycles. The van der Waals surface area contributed by atoms with E-state index in [2.05, 4.69) is 147 Å². The SMILES string of the molecule is CC1(C)c2c(cccc2-c2c3ccccc3c(-c3ccccc3)c3ccccc23)-c2ccc3ccccc3c21. The molecular weight excluding hydrogens is 468 g/mol. The van der Waals surface area contributed by atoms with Crippen molar-refractivity contribution in [3.8, 4) is 33.4 Å². The summed E-state index contributed by atoms with van der Waals surface area (Å²) >= 11 is 0. The molecule has 0 aromatic heterocycles. The summed E-state index contributed by atoms with van der Waals surface area (Å²) in [5.74, 6) is 0. The first-order valence-electron chi connectivity index (χ1n) is 13.8. The fourth-order valence-electron chi connectivity index (χ4n) is 7.29. The Hall–Kier alpha value is -4.68. The molecule has 7 aromatic carbocycles. The Bertz CT molecular complexity index is 2020. The zero-order valence-corrected chi connectivity index (χ0v) is 22.2. The molecule has 0 amide bonds. The quantitative estimate of drug-likeness (QED) is 0.209. The normalized spacial score (nSPS) is 13.6. The fourth-order valence-corrected chi connectivity index (χ4v) is 7.29. The highest BCUT2D eigenvalue weighted by Crippen LogP contribution is 2.56. The van der Waals surface area contributed by atoms with Crippen molar-refractivity contribution in [1.29, 1.82) is 0 Å². The lowest BCUT2D eigenvalue weighted by atomic mass is 9.76. The Morgan fingerprint density at radius 1 is 0.359 bits per heavy atom. The Kier molecular flexibility index (Phi) is 4.67. The molecule has 0 fully saturated rings. The average molecular weight is 497 g/mol. The second-order valence-corrected chi connectivity index (χ2v) is 11.3. The molecular formula is C39H28. The van der Waals surface area contributed by atoms with E-state index in [1.165, 1.54) is 76.8 Å². The molecule has 0 radical (unpaired) electrons. The Balaban J connectivity index is 1.52. The second-order valence-electron chi connectivity index (χ2n) is 11.3. The number of fused-ring (bicyclic) bond motifs is 7. The van der Waals surface area contributed by atoms with Crippen molar-refractivity contribution in [1.82, 2.24) is 0 Å². The number of benzene rings is 7. The van der Waals surface area contributed by atoms with Gasteiger partial charge in [0.25, 0.3) is 0 Å². The van der Waals surface area contributed by atoms with Gasteiger partial charge < -0.3 is 0 Å². The smallest absolute Gasteiger partial charge is 0.0171 e. The van der Waals surface area contributed by atoms with Crippen LogP contribution in [0.5, 0.6) is 0 Å². The van der Waals surface area contributed by atoms with Gasteiger partial charge >= 0.3 is 0 Å². The predicted molar refractivity (Wildman–Crippen MR) is 167 cm³/mol. The van der Waals surface area contributed by atoms with Gasteiger partial charge in [-0.15, -0.1) is 0 Å². The highest BCUT2D eigenvalue weighted by molar-refractivity contribution is 6.22. The zero-order valence-electron chi connectivity index (χ0n) is 22.2. The summed E-state index contributed by atoms with van der Waals surface area (Å²) in [7, 11) is 0. The van der Waals surface area contributed by atoms with Crippen LogP contribution in [0.2, 0.25) is 0 Å². The first kappa shape index (κ1) is 22.3. The average Bonchev–Trinajstić information content (AvgIpc) is 3.23. The molecule has 0 atom stereocenters. The highest BCUT2D eigenvalue weighted by atomic mass is 14.4. The van der Waals surface area contributed by atoms with Crippen LogP contribution in [0.15, 0.2) is 133 Å². The third-order valence-electron chi connectivity index (χ3n) is 8.80. The van der Waals surface area contributed by atoms with Crippen LogP contribution in [0.25, 0.3) is 65.7 Å². The molecule has 0 bridgehead atoms. The van der Waals surface area contributed by atoms with Gasteiger partial charge in [-0.05, 0) is 76.8 Å². The molecule has 39 heavy (non-hydrogen) atoms. The van der Waals surface area contributed by atoms with E-state index in [-0.39, 0.29) is 5.41 Å². The van der Waals surface area contributed by atoms with E-state index < -0.39 is 0 Å². The maximum absolute atomic E-state index is 2.41. The minimum absolute atomic E-state index is 0.136. The first-order chi connectivity index (χ1) is 19.1. The predicted octanol–water partition coefficient (Wildman–Crippen LogP) is 10.8. The van der Waals surface area contributed by atoms with Crippen LogP contribution in [0.3, 0.4) is 0 Å². The summed E-state index contributed by atoms with van der Waals surface area (Å²) in [5.41, 5.74) is 10.7. The summed E-state index contributed by atoms with van der Waals surface area (Å²) in [5, 5.41) is 7.88. The van der Waals surface area contributed by atoms with Gasteiger partial charge in [0.15, 0.2) is 0 Å². The van der Waals surface area contributed by atoms with E-state index in [4.69, 9.17) is 0 Å². The van der Waals surface area contributed by atoms with Gasteiger partial charge in [0, 0.05) is 5.41 Å². The molecule has 0 saturated carbocycles. The maximum Gasteiger partial charge on any atom is 0.0171 e. The molecule has 0 saturated heterocycles. The molecule has 0 aliphatic heterocycles. The van der Waals surface area contributed by atoms with E-state index >= 15 is 0 Å². The summed E-state index contributed by atoms with van der Waals surface area (Å²) in [6.45, 7) is 4.83. The molecule has 0 nitrogen and oxygen atoms in total. The Morgan fingerprint density at radius 3 is 1.54 bits per heavy atom. The lowest BCUT2D eigenvalue weighted by Gasteiger charge is -2.27. The van der Waals surface area contributed by atoms with Crippen molar-refractivity contribution in [3.05, 3.63) is 145 Å². The van der Waals surface area contributed by atoms with E-state index in [9.17, 15) is 0 Å². The van der Waals surface area contributed by atoms with Gasteiger partial charge in [0.2, 0.25) is 0 Å². The molecule has 0 N–H and O–H groups in total. The minimum atomic E-state index is -0.136. The highest BCUT2D eigenvalue weighted by Gasteiger charge is 2.39. The van der Waals surface area contributed by atoms with E-state index in [0.717, 1.165) is 0 Å². The van der Waals surface area contributed by atoms with Crippen LogP contribution in [-0.2, 0) is 5.41 Å². The summed E-state index contributed by atoms with van der Waals surface area (Å²) < 4.78 is 0. The summed E-state index contributed by atoms with van der Waals surface area (Å²) in [6, 6.07) is 49.2. The largest absolute Gasteiger partial charge is 0.0622 e. The Labute approximate surface area is 229 Å². The van der Waals surface area contributed by atoms with Crippen LogP contribution < -0.4 is 0 Å². The summed E-state index contributed by atoms with van der Waals surface area (Å²) in [4.78, 5) is 0. The van der Waals surface area contributed by atoms with Crippen LogP contribution in [0.4, 0.5) is 0 Å². The molecule has 7 aromatic rings. The van der Waals surface area contributed by atoms with Crippen molar-refractivity contribution in [2.45, 2.75) is 19.3 Å². The zero-order chi connectivity index (χ0) is 26.1. The molecule has 1 aliphatic carbocycles. The fraction of sp³-hybridized carbons (Fsp3) is 0.0769. The molecule has 1 aliphatic rings. The van der Waals surface area contributed by atoms with Gasteiger partial charge in [-0.25, -0.2) is 0 Å². The third-order valence-corrected chi connectivity index (χ3v) is 8.80. The number of hydrogen-bond donors (Lipinski definition) is 0. The maximum atomic E-state index is 2.41. The van der Waals surface area contributed by atoms with Crippen LogP contribution in [-0.4, -0.2) is 0 Å². The second kappa shape index (κ2) is 8.16.